The van der Waals surface area contributed by atoms with Gasteiger partial charge in [-0.1, -0.05) is 6.07 Å². The Bertz CT molecular complexity index is 725. The van der Waals surface area contributed by atoms with E-state index in [1.165, 1.54) is 4.90 Å². The summed E-state index contributed by atoms with van der Waals surface area (Å²) in [4.78, 5) is 17.6. The molecule has 128 valence electrons. The molecule has 0 aliphatic carbocycles. The predicted octanol–water partition coefficient (Wildman–Crippen LogP) is 2.27. The van der Waals surface area contributed by atoms with Crippen molar-refractivity contribution in [1.82, 2.24) is 9.88 Å². The predicted molar refractivity (Wildman–Crippen MR) is 86.4 cm³/mol. The average Bonchev–Trinajstić information content (AvgIpc) is 2.49. The second-order valence-electron chi connectivity index (χ2n) is 5.59. The van der Waals surface area contributed by atoms with Crippen LogP contribution in [0.5, 0.6) is 0 Å². The van der Waals surface area contributed by atoms with Gasteiger partial charge in [-0.25, -0.2) is 13.8 Å². The number of aromatic nitrogens is 1. The van der Waals surface area contributed by atoms with E-state index in [9.17, 15) is 18.7 Å². The van der Waals surface area contributed by atoms with Crippen molar-refractivity contribution in [3.8, 4) is 0 Å². The summed E-state index contributed by atoms with van der Waals surface area (Å²) in [5.74, 6) is -1.20. The number of likely N-dealkylation sites (N-methyl/N-ethyl adjacent to an activating group) is 1. The van der Waals surface area contributed by atoms with E-state index in [0.717, 1.165) is 23.9 Å². The summed E-state index contributed by atoms with van der Waals surface area (Å²) >= 11 is 0. The molecule has 5 nitrogen and oxygen atoms in total. The molecule has 2 aromatic rings. The summed E-state index contributed by atoms with van der Waals surface area (Å²) in [5, 5.41) is 12.7. The minimum atomic E-state index is -1.24. The third-order valence-corrected chi connectivity index (χ3v) is 3.37. The van der Waals surface area contributed by atoms with Crippen LogP contribution in [0.15, 0.2) is 36.4 Å². The Morgan fingerprint density at radius 2 is 2.08 bits per heavy atom. The average molecular weight is 335 g/mol. The highest BCUT2D eigenvalue weighted by molar-refractivity contribution is 5.91. The molecule has 0 spiro atoms. The summed E-state index contributed by atoms with van der Waals surface area (Å²) in [6, 6.07) is 8.15. The Balaban J connectivity index is 1.91. The lowest BCUT2D eigenvalue weighted by atomic mass is 10.1. The Labute approximate surface area is 138 Å². The molecule has 1 aromatic heterocycles. The lowest BCUT2D eigenvalue weighted by molar-refractivity contribution is -0.117. The van der Waals surface area contributed by atoms with Crippen molar-refractivity contribution >= 4 is 11.7 Å². The number of nitrogens with zero attached hydrogens (tertiary/aromatic N) is 2. The van der Waals surface area contributed by atoms with E-state index in [4.69, 9.17) is 0 Å². The molecule has 2 N–H and O–H groups in total. The molecule has 1 aromatic carbocycles. The van der Waals surface area contributed by atoms with Crippen LogP contribution in [0.2, 0.25) is 0 Å². The molecule has 7 heteroatoms. The third kappa shape index (κ3) is 5.07. The second-order valence-corrected chi connectivity index (χ2v) is 5.59. The number of aliphatic hydroxyl groups is 1. The van der Waals surface area contributed by atoms with E-state index in [-0.39, 0.29) is 24.6 Å². The van der Waals surface area contributed by atoms with Gasteiger partial charge in [0, 0.05) is 17.8 Å². The first-order valence-corrected chi connectivity index (χ1v) is 7.40. The van der Waals surface area contributed by atoms with Crippen molar-refractivity contribution in [2.24, 2.45) is 0 Å². The van der Waals surface area contributed by atoms with Gasteiger partial charge < -0.3 is 10.4 Å². The highest BCUT2D eigenvalue weighted by atomic mass is 19.1. The van der Waals surface area contributed by atoms with Crippen molar-refractivity contribution in [2.75, 3.05) is 25.5 Å². The van der Waals surface area contributed by atoms with Gasteiger partial charge in [0.05, 0.1) is 12.6 Å². The fraction of sp³-hybridized carbons (Fsp3) is 0.294. The number of carbonyl (C=O) groups excluding carboxylic acids is 1. The monoisotopic (exact) mass is 335 g/mol. The summed E-state index contributed by atoms with van der Waals surface area (Å²) in [6.07, 6.45) is -1.24. The van der Waals surface area contributed by atoms with Crippen LogP contribution in [0.4, 0.5) is 14.6 Å². The van der Waals surface area contributed by atoms with Gasteiger partial charge in [-0.05, 0) is 44.3 Å². The quantitative estimate of drug-likeness (QED) is 0.850. The van der Waals surface area contributed by atoms with Crippen LogP contribution in [-0.2, 0) is 4.79 Å². The minimum Gasteiger partial charge on any atom is -0.387 e. The minimum absolute atomic E-state index is 0.0188. The SMILES string of the molecule is Cc1cccc(NC(=O)CN(C)CC(O)c2cc(F)ccc2F)n1. The lowest BCUT2D eigenvalue weighted by Crippen LogP contribution is -2.33. The van der Waals surface area contributed by atoms with E-state index in [1.54, 1.807) is 19.2 Å². The van der Waals surface area contributed by atoms with Crippen molar-refractivity contribution < 1.29 is 18.7 Å². The molecule has 0 saturated heterocycles. The van der Waals surface area contributed by atoms with Crippen molar-refractivity contribution in [2.45, 2.75) is 13.0 Å². The van der Waals surface area contributed by atoms with Crippen LogP contribution in [0.3, 0.4) is 0 Å². The van der Waals surface area contributed by atoms with Gasteiger partial charge in [0.1, 0.15) is 17.5 Å². The number of rotatable bonds is 6. The van der Waals surface area contributed by atoms with E-state index in [0.29, 0.717) is 5.82 Å². The van der Waals surface area contributed by atoms with Crippen LogP contribution >= 0.6 is 0 Å². The van der Waals surface area contributed by atoms with Gasteiger partial charge in [0.15, 0.2) is 0 Å². The van der Waals surface area contributed by atoms with Crippen molar-refractivity contribution in [3.63, 3.8) is 0 Å². The first kappa shape index (κ1) is 18.0. The van der Waals surface area contributed by atoms with E-state index in [1.807, 2.05) is 13.0 Å². The Morgan fingerprint density at radius 1 is 1.33 bits per heavy atom. The number of carbonyl (C=O) groups is 1. The maximum absolute atomic E-state index is 13.6. The zero-order valence-electron chi connectivity index (χ0n) is 13.5. The molecule has 1 atom stereocenters. The summed E-state index contributed by atoms with van der Waals surface area (Å²) < 4.78 is 26.8. The molecular weight excluding hydrogens is 316 g/mol. The van der Waals surface area contributed by atoms with E-state index >= 15 is 0 Å². The zero-order valence-corrected chi connectivity index (χ0v) is 13.5. The smallest absolute Gasteiger partial charge is 0.239 e. The summed E-state index contributed by atoms with van der Waals surface area (Å²) in [6.45, 7) is 1.77. The maximum Gasteiger partial charge on any atom is 0.239 e. The Kier molecular flexibility index (Phi) is 5.94. The normalized spacial score (nSPS) is 12.2. The van der Waals surface area contributed by atoms with Crippen LogP contribution in [0.25, 0.3) is 0 Å². The molecule has 0 aliphatic rings. The van der Waals surface area contributed by atoms with Gasteiger partial charge >= 0.3 is 0 Å². The lowest BCUT2D eigenvalue weighted by Gasteiger charge is -2.20. The number of aliphatic hydroxyl groups excluding tert-OH is 1. The topological polar surface area (TPSA) is 65.5 Å². The van der Waals surface area contributed by atoms with Gasteiger partial charge in [0.25, 0.3) is 0 Å². The fourth-order valence-corrected chi connectivity index (χ4v) is 2.27. The van der Waals surface area contributed by atoms with Crippen LogP contribution < -0.4 is 5.32 Å². The number of hydrogen-bond acceptors (Lipinski definition) is 4. The molecule has 0 saturated carbocycles. The van der Waals surface area contributed by atoms with Crippen LogP contribution in [-0.4, -0.2) is 41.0 Å². The van der Waals surface area contributed by atoms with Gasteiger partial charge in [0.2, 0.25) is 5.91 Å². The van der Waals surface area contributed by atoms with Gasteiger partial charge in [-0.15, -0.1) is 0 Å². The molecule has 0 fully saturated rings. The number of pyridine rings is 1. The van der Waals surface area contributed by atoms with Crippen molar-refractivity contribution in [1.29, 1.82) is 0 Å². The first-order chi connectivity index (χ1) is 11.3. The molecule has 24 heavy (non-hydrogen) atoms. The number of nitrogens with one attached hydrogen (secondary N) is 1. The Morgan fingerprint density at radius 3 is 2.79 bits per heavy atom. The largest absolute Gasteiger partial charge is 0.387 e. The number of benzene rings is 1. The number of aryl methyl sites for hydroxylation is 1. The number of hydrogen-bond donors (Lipinski definition) is 2. The molecule has 1 heterocycles. The van der Waals surface area contributed by atoms with Crippen molar-refractivity contribution in [3.05, 3.63) is 59.3 Å². The zero-order chi connectivity index (χ0) is 17.7. The summed E-state index contributed by atoms with van der Waals surface area (Å²) in [7, 11) is 1.60. The molecule has 0 radical (unpaired) electrons. The summed E-state index contributed by atoms with van der Waals surface area (Å²) in [5.41, 5.74) is 0.640. The maximum atomic E-state index is 13.6. The van der Waals surface area contributed by atoms with Gasteiger partial charge in [-0.2, -0.15) is 0 Å². The first-order valence-electron chi connectivity index (χ1n) is 7.40. The number of anilines is 1. The second kappa shape index (κ2) is 7.94. The fourth-order valence-electron chi connectivity index (χ4n) is 2.27. The highest BCUT2D eigenvalue weighted by Crippen LogP contribution is 2.19. The molecular formula is C17H19F2N3O2. The molecule has 0 bridgehead atoms. The number of amides is 1. The highest BCUT2D eigenvalue weighted by Gasteiger charge is 2.17. The third-order valence-electron chi connectivity index (χ3n) is 3.37. The van der Waals surface area contributed by atoms with Crippen LogP contribution in [0, 0.1) is 18.6 Å². The van der Waals surface area contributed by atoms with Crippen LogP contribution in [0.1, 0.15) is 17.4 Å². The van der Waals surface area contributed by atoms with Gasteiger partial charge in [-0.3, -0.25) is 9.69 Å². The molecule has 1 unspecified atom stereocenters. The molecule has 0 aliphatic heterocycles. The number of halogens is 2. The molecule has 1 amide bonds. The van der Waals surface area contributed by atoms with E-state index < -0.39 is 17.7 Å². The Hall–Kier alpha value is -2.38. The molecule has 2 rings (SSSR count). The van der Waals surface area contributed by atoms with E-state index in [2.05, 4.69) is 10.3 Å². The standard InChI is InChI=1S/C17H19F2N3O2/c1-11-4-3-5-16(20-11)21-17(24)10-22(2)9-15(23)13-8-12(18)6-7-14(13)19/h3-8,15,23H,9-10H2,1-2H3,(H,20,21,24).